The second-order valence-corrected chi connectivity index (χ2v) is 8.49. The molecule has 0 fully saturated rings. The number of aromatic nitrogens is 2. The van der Waals surface area contributed by atoms with Gasteiger partial charge in [0.05, 0.1) is 41.4 Å². The van der Waals surface area contributed by atoms with Gasteiger partial charge in [-0.05, 0) is 42.8 Å². The lowest BCUT2D eigenvalue weighted by Crippen LogP contribution is -2.40. The highest BCUT2D eigenvalue weighted by atomic mass is 35.5. The van der Waals surface area contributed by atoms with E-state index in [-0.39, 0.29) is 47.9 Å². The summed E-state index contributed by atoms with van der Waals surface area (Å²) in [5, 5.41) is 4.27. The van der Waals surface area contributed by atoms with Crippen molar-refractivity contribution in [3.8, 4) is 11.3 Å². The Hall–Kier alpha value is -3.40. The predicted octanol–water partition coefficient (Wildman–Crippen LogP) is 4.35. The highest BCUT2D eigenvalue weighted by molar-refractivity contribution is 6.31. The van der Waals surface area contributed by atoms with Crippen LogP contribution in [0, 0.1) is 12.7 Å². The fourth-order valence-electron chi connectivity index (χ4n) is 4.05. The van der Waals surface area contributed by atoms with E-state index >= 15 is 0 Å². The Morgan fingerprint density at radius 3 is 2.53 bits per heavy atom. The molecule has 34 heavy (non-hydrogen) atoms. The van der Waals surface area contributed by atoms with Gasteiger partial charge in [0.1, 0.15) is 11.5 Å². The van der Waals surface area contributed by atoms with E-state index in [1.807, 2.05) is 0 Å². The average Bonchev–Trinajstić information content (AvgIpc) is 3.13. The minimum Gasteiger partial charge on any atom is -0.365 e. The highest BCUT2D eigenvalue weighted by Gasteiger charge is 2.32. The molecule has 2 heterocycles. The Morgan fingerprint density at radius 1 is 1.15 bits per heavy atom. The van der Waals surface area contributed by atoms with Crippen LogP contribution in [0.2, 0.25) is 5.02 Å². The zero-order valence-corrected chi connectivity index (χ0v) is 18.7. The van der Waals surface area contributed by atoms with Crippen LogP contribution in [0.4, 0.5) is 17.6 Å². The zero-order valence-electron chi connectivity index (χ0n) is 17.9. The van der Waals surface area contributed by atoms with Gasteiger partial charge in [-0.25, -0.2) is 4.39 Å². The van der Waals surface area contributed by atoms with Crippen LogP contribution < -0.4 is 5.73 Å². The van der Waals surface area contributed by atoms with Gasteiger partial charge < -0.3 is 10.6 Å². The Kier molecular flexibility index (Phi) is 6.11. The lowest BCUT2D eigenvalue weighted by molar-refractivity contribution is -0.138. The van der Waals surface area contributed by atoms with Crippen molar-refractivity contribution in [3.05, 3.63) is 75.2 Å². The summed E-state index contributed by atoms with van der Waals surface area (Å²) in [6.45, 7) is 2.02. The third kappa shape index (κ3) is 4.63. The van der Waals surface area contributed by atoms with Gasteiger partial charge in [0.15, 0.2) is 0 Å². The number of nitrogens with two attached hydrogens (primary N) is 1. The molecule has 178 valence electrons. The molecule has 1 aromatic heterocycles. The van der Waals surface area contributed by atoms with Crippen LogP contribution in [0.25, 0.3) is 11.3 Å². The van der Waals surface area contributed by atoms with Crippen LogP contribution in [0.1, 0.15) is 32.7 Å². The maximum absolute atomic E-state index is 13.6. The molecule has 3 aromatic rings. The highest BCUT2D eigenvalue weighted by Crippen LogP contribution is 2.32. The van der Waals surface area contributed by atoms with E-state index in [1.54, 1.807) is 4.68 Å². The van der Waals surface area contributed by atoms with Crippen molar-refractivity contribution in [2.45, 2.75) is 32.6 Å². The molecule has 1 aliphatic rings. The lowest BCUT2D eigenvalue weighted by atomic mass is 10.0. The van der Waals surface area contributed by atoms with Crippen molar-refractivity contribution in [2.24, 2.45) is 5.73 Å². The third-order valence-corrected chi connectivity index (χ3v) is 5.88. The molecular formula is C23H19ClF4N4O2. The minimum atomic E-state index is -4.52. The first-order valence-corrected chi connectivity index (χ1v) is 10.6. The standard InChI is InChI=1S/C23H19ClF4N4O2/c1-12-6-13(8-15(7-12)23(26,27)28)9-19(33)31-4-5-32-18(11-31)20(22(29)34)21(30-32)14-2-3-17(25)16(24)10-14/h2-3,6-8,10H,4-5,9,11H2,1H3,(H2,29,34). The van der Waals surface area contributed by atoms with Gasteiger partial charge >= 0.3 is 6.18 Å². The number of amides is 2. The summed E-state index contributed by atoms with van der Waals surface area (Å²) in [7, 11) is 0. The number of carbonyl (C=O) groups is 2. The number of carbonyl (C=O) groups excluding carboxylic acids is 2. The fraction of sp³-hybridized carbons (Fsp3) is 0.261. The second-order valence-electron chi connectivity index (χ2n) is 8.08. The summed E-state index contributed by atoms with van der Waals surface area (Å²) in [5.41, 5.74) is 6.50. The van der Waals surface area contributed by atoms with Crippen molar-refractivity contribution in [3.63, 3.8) is 0 Å². The maximum atomic E-state index is 13.6. The normalized spacial score (nSPS) is 13.6. The van der Waals surface area contributed by atoms with E-state index in [2.05, 4.69) is 5.10 Å². The molecule has 0 saturated carbocycles. The Morgan fingerprint density at radius 2 is 1.88 bits per heavy atom. The number of rotatable bonds is 4. The molecule has 0 spiro atoms. The zero-order chi connectivity index (χ0) is 24.8. The van der Waals surface area contributed by atoms with Crippen molar-refractivity contribution in [1.29, 1.82) is 0 Å². The number of fused-ring (bicyclic) bond motifs is 1. The lowest BCUT2D eigenvalue weighted by Gasteiger charge is -2.28. The number of aryl methyl sites for hydroxylation is 1. The van der Waals surface area contributed by atoms with Gasteiger partial charge in [0.25, 0.3) is 5.91 Å². The molecule has 0 unspecified atom stereocenters. The molecule has 0 aliphatic carbocycles. The summed E-state index contributed by atoms with van der Waals surface area (Å²) in [4.78, 5) is 26.6. The molecule has 1 aliphatic heterocycles. The molecule has 2 N–H and O–H groups in total. The number of primary amides is 1. The molecule has 2 amide bonds. The maximum Gasteiger partial charge on any atom is 0.416 e. The quantitative estimate of drug-likeness (QED) is 0.547. The predicted molar refractivity (Wildman–Crippen MR) is 116 cm³/mol. The molecule has 6 nitrogen and oxygen atoms in total. The number of halogens is 5. The first-order valence-electron chi connectivity index (χ1n) is 10.2. The Bertz CT molecular complexity index is 1300. The monoisotopic (exact) mass is 494 g/mol. The van der Waals surface area contributed by atoms with Gasteiger partial charge in [0.2, 0.25) is 5.91 Å². The smallest absolute Gasteiger partial charge is 0.365 e. The summed E-state index contributed by atoms with van der Waals surface area (Å²) < 4.78 is 54.5. The molecule has 0 radical (unpaired) electrons. The summed E-state index contributed by atoms with van der Waals surface area (Å²) in [5.74, 6) is -1.80. The molecule has 2 aromatic carbocycles. The molecular weight excluding hydrogens is 476 g/mol. The van der Waals surface area contributed by atoms with Crippen molar-refractivity contribution >= 4 is 23.4 Å². The number of hydrogen-bond donors (Lipinski definition) is 1. The van der Waals surface area contributed by atoms with Crippen LogP contribution in [0.3, 0.4) is 0 Å². The fourth-order valence-corrected chi connectivity index (χ4v) is 4.23. The molecule has 0 saturated heterocycles. The number of benzene rings is 2. The molecule has 0 bridgehead atoms. The average molecular weight is 495 g/mol. The molecule has 11 heteroatoms. The topological polar surface area (TPSA) is 81.2 Å². The molecule has 4 rings (SSSR count). The Labute approximate surface area is 196 Å². The van der Waals surface area contributed by atoms with Gasteiger partial charge in [-0.1, -0.05) is 23.2 Å². The first kappa shape index (κ1) is 23.7. The van der Waals surface area contributed by atoms with Gasteiger partial charge in [-0.2, -0.15) is 18.3 Å². The number of nitrogens with zero attached hydrogens (tertiary/aromatic N) is 3. The van der Waals surface area contributed by atoms with Crippen LogP contribution in [0.15, 0.2) is 36.4 Å². The van der Waals surface area contributed by atoms with E-state index < -0.39 is 29.4 Å². The Balaban J connectivity index is 1.62. The van der Waals surface area contributed by atoms with E-state index in [4.69, 9.17) is 17.3 Å². The minimum absolute atomic E-state index is 0.00300. The van der Waals surface area contributed by atoms with Gasteiger partial charge in [-0.3, -0.25) is 14.3 Å². The largest absolute Gasteiger partial charge is 0.416 e. The SMILES string of the molecule is Cc1cc(CC(=O)N2CCn3nc(-c4ccc(F)c(Cl)c4)c(C(N)=O)c3C2)cc(C(F)(F)F)c1. The number of hydrogen-bond acceptors (Lipinski definition) is 3. The summed E-state index contributed by atoms with van der Waals surface area (Å²) in [6, 6.07) is 7.41. The van der Waals surface area contributed by atoms with Crippen LogP contribution in [-0.2, 0) is 30.5 Å². The van der Waals surface area contributed by atoms with E-state index in [0.717, 1.165) is 18.2 Å². The third-order valence-electron chi connectivity index (χ3n) is 5.59. The van der Waals surface area contributed by atoms with Crippen molar-refractivity contribution in [2.75, 3.05) is 6.54 Å². The first-order chi connectivity index (χ1) is 15.9. The number of alkyl halides is 3. The van der Waals surface area contributed by atoms with Crippen LogP contribution in [-0.4, -0.2) is 33.0 Å². The van der Waals surface area contributed by atoms with Crippen molar-refractivity contribution in [1.82, 2.24) is 14.7 Å². The van der Waals surface area contributed by atoms with Crippen molar-refractivity contribution < 1.29 is 27.2 Å². The van der Waals surface area contributed by atoms with Crippen LogP contribution >= 0.6 is 11.6 Å². The van der Waals surface area contributed by atoms with Gasteiger partial charge in [-0.15, -0.1) is 0 Å². The second kappa shape index (κ2) is 8.75. The summed E-state index contributed by atoms with van der Waals surface area (Å²) in [6.07, 6.45) is -4.75. The van der Waals surface area contributed by atoms with E-state index in [1.165, 1.54) is 30.0 Å². The van der Waals surface area contributed by atoms with E-state index in [0.29, 0.717) is 16.8 Å². The van der Waals surface area contributed by atoms with Gasteiger partial charge in [0, 0.05) is 12.1 Å². The summed E-state index contributed by atoms with van der Waals surface area (Å²) >= 11 is 5.87. The van der Waals surface area contributed by atoms with E-state index in [9.17, 15) is 27.2 Å². The molecule has 0 atom stereocenters. The van der Waals surface area contributed by atoms with Crippen LogP contribution in [0.5, 0.6) is 0 Å².